The van der Waals surface area contributed by atoms with E-state index in [1.807, 2.05) is 6.92 Å². The quantitative estimate of drug-likeness (QED) is 0.362. The molecule has 0 spiro atoms. The highest BCUT2D eigenvalue weighted by molar-refractivity contribution is 7.91. The topological polar surface area (TPSA) is 55.4 Å². The highest BCUT2D eigenvalue weighted by Crippen LogP contribution is 2.22. The molecule has 0 aromatic carbocycles. The summed E-state index contributed by atoms with van der Waals surface area (Å²) in [6.07, 6.45) is 14.9. The smallest absolute Gasteiger partial charge is 0.257 e. The molecule has 1 heterocycles. The summed E-state index contributed by atoms with van der Waals surface area (Å²) >= 11 is 5.19. The molecule has 1 fully saturated rings. The lowest BCUT2D eigenvalue weighted by molar-refractivity contribution is 0.272. The highest BCUT2D eigenvalue weighted by atomic mass is 32.2. The maximum absolute atomic E-state index is 11.6. The Kier molecular flexibility index (Phi) is 11.0. The summed E-state index contributed by atoms with van der Waals surface area (Å²) in [4.78, 5) is 0. The second kappa shape index (κ2) is 12.1. The van der Waals surface area contributed by atoms with Gasteiger partial charge in [0.2, 0.25) is 0 Å². The number of ether oxygens (including phenoxy) is 1. The summed E-state index contributed by atoms with van der Waals surface area (Å²) in [5, 5.41) is 3.42. The Labute approximate surface area is 160 Å². The van der Waals surface area contributed by atoms with Gasteiger partial charge in [-0.25, -0.2) is 8.42 Å². The summed E-state index contributed by atoms with van der Waals surface area (Å²) in [6.45, 7) is 4.77. The summed E-state index contributed by atoms with van der Waals surface area (Å²) < 4.78 is 28.7. The molecular weight excluding hydrogens is 354 g/mol. The maximum atomic E-state index is 11.6. The van der Waals surface area contributed by atoms with Crippen molar-refractivity contribution >= 4 is 27.2 Å². The summed E-state index contributed by atoms with van der Waals surface area (Å²) in [6, 6.07) is 0. The van der Waals surface area contributed by atoms with Gasteiger partial charge in [-0.1, -0.05) is 71.1 Å². The van der Waals surface area contributed by atoms with E-state index in [0.29, 0.717) is 18.2 Å². The molecule has 0 amide bonds. The van der Waals surface area contributed by atoms with Crippen molar-refractivity contribution < 1.29 is 13.2 Å². The Morgan fingerprint density at radius 3 is 2.00 bits per heavy atom. The lowest BCUT2D eigenvalue weighted by Gasteiger charge is -2.25. The molecule has 0 saturated carbocycles. The number of hydrogen-bond donors (Lipinski definition) is 1. The second-order valence-electron chi connectivity index (χ2n) is 7.70. The first kappa shape index (κ1) is 22.7. The molecule has 1 atom stereocenters. The van der Waals surface area contributed by atoms with Gasteiger partial charge in [0.1, 0.15) is 0 Å². The van der Waals surface area contributed by atoms with Gasteiger partial charge in [0.05, 0.1) is 23.7 Å². The minimum atomic E-state index is -2.92. The average molecular weight is 392 g/mol. The van der Waals surface area contributed by atoms with E-state index in [1.54, 1.807) is 0 Å². The summed E-state index contributed by atoms with van der Waals surface area (Å²) in [7, 11) is -2.92. The zero-order valence-electron chi connectivity index (χ0n) is 16.1. The molecule has 0 aliphatic carbocycles. The summed E-state index contributed by atoms with van der Waals surface area (Å²) in [5.74, 6) is 0.375. The van der Waals surface area contributed by atoms with Gasteiger partial charge in [-0.15, -0.1) is 0 Å². The fraction of sp³-hybridized carbons (Fsp3) is 0.947. The van der Waals surface area contributed by atoms with Crippen molar-refractivity contribution in [2.24, 2.45) is 0 Å². The lowest BCUT2D eigenvalue weighted by atomic mass is 10.0. The number of hydrogen-bond acceptors (Lipinski definition) is 4. The van der Waals surface area contributed by atoms with Gasteiger partial charge in [0, 0.05) is 0 Å². The van der Waals surface area contributed by atoms with Crippen molar-refractivity contribution in [3.05, 3.63) is 0 Å². The van der Waals surface area contributed by atoms with Crippen LogP contribution in [0.25, 0.3) is 0 Å². The van der Waals surface area contributed by atoms with Crippen LogP contribution in [0.15, 0.2) is 0 Å². The molecule has 0 aromatic rings. The van der Waals surface area contributed by atoms with Crippen LogP contribution in [0.3, 0.4) is 0 Å². The highest BCUT2D eigenvalue weighted by Gasteiger charge is 2.39. The predicted octanol–water partition coefficient (Wildman–Crippen LogP) is 4.77. The lowest BCUT2D eigenvalue weighted by Crippen LogP contribution is -2.47. The van der Waals surface area contributed by atoms with E-state index in [4.69, 9.17) is 17.0 Å². The van der Waals surface area contributed by atoms with Crippen LogP contribution in [0.2, 0.25) is 0 Å². The number of nitrogens with one attached hydrogen (secondary N) is 1. The third kappa shape index (κ3) is 11.1. The molecule has 0 aromatic heterocycles. The fourth-order valence-corrected chi connectivity index (χ4v) is 5.75. The fourth-order valence-electron chi connectivity index (χ4n) is 3.32. The van der Waals surface area contributed by atoms with E-state index in [9.17, 15) is 8.42 Å². The minimum absolute atomic E-state index is 0.141. The van der Waals surface area contributed by atoms with E-state index < -0.39 is 15.4 Å². The van der Waals surface area contributed by atoms with Gasteiger partial charge < -0.3 is 10.1 Å². The minimum Gasteiger partial charge on any atom is -0.471 e. The van der Waals surface area contributed by atoms with Crippen molar-refractivity contribution in [1.82, 2.24) is 5.32 Å². The van der Waals surface area contributed by atoms with Crippen molar-refractivity contribution in [3.63, 3.8) is 0 Å². The Morgan fingerprint density at radius 2 is 1.52 bits per heavy atom. The third-order valence-corrected chi connectivity index (χ3v) is 7.01. The molecule has 0 bridgehead atoms. The predicted molar refractivity (Wildman–Crippen MR) is 110 cm³/mol. The van der Waals surface area contributed by atoms with Crippen molar-refractivity contribution in [3.8, 4) is 0 Å². The van der Waals surface area contributed by atoms with Crippen LogP contribution < -0.4 is 5.32 Å². The maximum Gasteiger partial charge on any atom is 0.257 e. The zero-order chi connectivity index (χ0) is 18.6. The van der Waals surface area contributed by atoms with Crippen LogP contribution in [0.4, 0.5) is 0 Å². The van der Waals surface area contributed by atoms with E-state index in [2.05, 4.69) is 12.2 Å². The molecular formula is C19H37NO3S2. The normalized spacial score (nSPS) is 22.0. The van der Waals surface area contributed by atoms with Gasteiger partial charge in [0.15, 0.2) is 9.84 Å². The van der Waals surface area contributed by atoms with E-state index in [1.165, 1.54) is 64.2 Å². The SMILES string of the molecule is CCCCCCCCCCCCCOC(=S)NC1(C)CCS(=O)(=O)C1. The first-order valence-electron chi connectivity index (χ1n) is 10.0. The monoisotopic (exact) mass is 391 g/mol. The van der Waals surface area contributed by atoms with Crippen LogP contribution in [0, 0.1) is 0 Å². The zero-order valence-corrected chi connectivity index (χ0v) is 17.8. The van der Waals surface area contributed by atoms with Gasteiger partial charge in [-0.05, 0) is 32.0 Å². The van der Waals surface area contributed by atoms with Crippen molar-refractivity contribution in [1.29, 1.82) is 0 Å². The molecule has 1 aliphatic heterocycles. The number of rotatable bonds is 13. The van der Waals surface area contributed by atoms with Crippen LogP contribution >= 0.6 is 12.2 Å². The van der Waals surface area contributed by atoms with Crippen LogP contribution in [-0.4, -0.2) is 37.2 Å². The Hall–Kier alpha value is -0.360. The Balaban J connectivity index is 1.92. The Morgan fingerprint density at radius 1 is 1.00 bits per heavy atom. The Bertz CT molecular complexity index is 479. The summed E-state index contributed by atoms with van der Waals surface area (Å²) in [5.41, 5.74) is -0.465. The standard InChI is InChI=1S/C19H37NO3S2/c1-3-4-5-6-7-8-9-10-11-12-13-15-23-18(24)20-19(2)14-16-25(21,22)17-19/h3-17H2,1-2H3,(H,20,24). The molecule has 0 radical (unpaired) electrons. The molecule has 25 heavy (non-hydrogen) atoms. The van der Waals surface area contributed by atoms with Crippen molar-refractivity contribution in [2.45, 2.75) is 96.4 Å². The van der Waals surface area contributed by atoms with Gasteiger partial charge in [-0.3, -0.25) is 0 Å². The molecule has 6 heteroatoms. The molecule has 1 saturated heterocycles. The number of sulfone groups is 1. The number of unbranched alkanes of at least 4 members (excludes halogenated alkanes) is 10. The number of thiocarbonyl (C=S) groups is 1. The average Bonchev–Trinajstić information content (AvgIpc) is 2.81. The first-order valence-corrected chi connectivity index (χ1v) is 12.3. The van der Waals surface area contributed by atoms with Gasteiger partial charge in [-0.2, -0.15) is 0 Å². The molecule has 1 N–H and O–H groups in total. The van der Waals surface area contributed by atoms with Gasteiger partial charge >= 0.3 is 0 Å². The largest absolute Gasteiger partial charge is 0.471 e. The van der Waals surface area contributed by atoms with E-state index in [0.717, 1.165) is 6.42 Å². The van der Waals surface area contributed by atoms with E-state index in [-0.39, 0.29) is 11.5 Å². The third-order valence-electron chi connectivity index (χ3n) is 4.89. The van der Waals surface area contributed by atoms with Crippen molar-refractivity contribution in [2.75, 3.05) is 18.1 Å². The van der Waals surface area contributed by atoms with Crippen LogP contribution in [0.5, 0.6) is 0 Å². The molecule has 4 nitrogen and oxygen atoms in total. The molecule has 148 valence electrons. The first-order chi connectivity index (χ1) is 11.9. The van der Waals surface area contributed by atoms with E-state index >= 15 is 0 Å². The molecule has 1 rings (SSSR count). The molecule has 1 aliphatic rings. The molecule has 1 unspecified atom stereocenters. The van der Waals surface area contributed by atoms with Crippen LogP contribution in [0.1, 0.15) is 90.9 Å². The van der Waals surface area contributed by atoms with Crippen LogP contribution in [-0.2, 0) is 14.6 Å². The van der Waals surface area contributed by atoms with Gasteiger partial charge in [0.25, 0.3) is 5.17 Å². The second-order valence-corrected chi connectivity index (χ2v) is 10.3.